The number of hydrogen-bond acceptors (Lipinski definition) is 6. The molecule has 0 aromatic heterocycles. The zero-order chi connectivity index (χ0) is 29.4. The topological polar surface area (TPSA) is 163 Å². The first-order valence-electron chi connectivity index (χ1n) is 14.9. The summed E-state index contributed by atoms with van der Waals surface area (Å²) in [6.45, 7) is 7.77. The van der Waals surface area contributed by atoms with Gasteiger partial charge in [-0.25, -0.2) is 0 Å². The van der Waals surface area contributed by atoms with Crippen LogP contribution in [0.25, 0.3) is 0 Å². The van der Waals surface area contributed by atoms with Crippen LogP contribution < -0.4 is 26.6 Å². The van der Waals surface area contributed by atoms with Crippen molar-refractivity contribution in [1.29, 1.82) is 0 Å². The van der Waals surface area contributed by atoms with Crippen molar-refractivity contribution in [3.63, 3.8) is 0 Å². The molecule has 3 aliphatic rings. The van der Waals surface area contributed by atoms with Gasteiger partial charge in [0.25, 0.3) is 5.91 Å². The van der Waals surface area contributed by atoms with E-state index in [9.17, 15) is 28.8 Å². The molecular weight excluding hydrogens is 514 g/mol. The molecule has 0 radical (unpaired) electrons. The molecule has 3 fully saturated rings. The van der Waals surface area contributed by atoms with E-state index in [1.807, 2.05) is 6.92 Å². The summed E-state index contributed by atoms with van der Waals surface area (Å²) in [4.78, 5) is 77.9. The Labute approximate surface area is 237 Å². The summed E-state index contributed by atoms with van der Waals surface area (Å²) in [5.41, 5.74) is -0.683. The maximum Gasteiger partial charge on any atom is 0.289 e. The largest absolute Gasteiger partial charge is 0.356 e. The molecule has 0 spiro atoms. The molecule has 40 heavy (non-hydrogen) atoms. The Balaban J connectivity index is 1.74. The zero-order valence-electron chi connectivity index (χ0n) is 24.4. The van der Waals surface area contributed by atoms with Gasteiger partial charge in [0, 0.05) is 23.9 Å². The van der Waals surface area contributed by atoms with Gasteiger partial charge in [-0.1, -0.05) is 47.0 Å². The maximum atomic E-state index is 13.5. The minimum absolute atomic E-state index is 0.00756. The number of nitrogens with one attached hydrogen (secondary N) is 5. The Kier molecular flexibility index (Phi) is 11.1. The number of ketones is 1. The van der Waals surface area contributed by atoms with Crippen LogP contribution in [0.1, 0.15) is 98.3 Å². The lowest BCUT2D eigenvalue weighted by Gasteiger charge is -2.30. The second-order valence-electron chi connectivity index (χ2n) is 12.6. The highest BCUT2D eigenvalue weighted by Crippen LogP contribution is 2.29. The second kappa shape index (κ2) is 14.1. The van der Waals surface area contributed by atoms with E-state index in [-0.39, 0.29) is 30.2 Å². The lowest BCUT2D eigenvalue weighted by Crippen LogP contribution is -2.59. The maximum absolute atomic E-state index is 13.5. The van der Waals surface area contributed by atoms with Gasteiger partial charge in [0.15, 0.2) is 0 Å². The van der Waals surface area contributed by atoms with E-state index in [2.05, 4.69) is 26.6 Å². The third-order valence-electron chi connectivity index (χ3n) is 8.02. The van der Waals surface area contributed by atoms with Crippen molar-refractivity contribution in [1.82, 2.24) is 26.6 Å². The quantitative estimate of drug-likeness (QED) is 0.213. The van der Waals surface area contributed by atoms with Crippen molar-refractivity contribution in [2.45, 2.75) is 122 Å². The van der Waals surface area contributed by atoms with Crippen LogP contribution in [0.3, 0.4) is 0 Å². The van der Waals surface area contributed by atoms with Crippen molar-refractivity contribution >= 4 is 35.3 Å². The zero-order valence-corrected chi connectivity index (χ0v) is 24.4. The molecule has 5 amide bonds. The van der Waals surface area contributed by atoms with Crippen LogP contribution in [-0.4, -0.2) is 66.0 Å². The molecule has 0 aromatic rings. The molecule has 1 saturated heterocycles. The van der Waals surface area contributed by atoms with Crippen molar-refractivity contribution in [2.24, 2.45) is 17.3 Å². The monoisotopic (exact) mass is 561 g/mol. The highest BCUT2D eigenvalue weighted by Gasteiger charge is 2.38. The summed E-state index contributed by atoms with van der Waals surface area (Å²) >= 11 is 0. The lowest BCUT2D eigenvalue weighted by molar-refractivity contribution is -0.141. The SMILES string of the molecule is CCC[C@H](NC(=O)[C@H](NC(=O)C(C)(C)C)C1CCCC1)C(=O)N[C@@H](C[C@@H]1CCCNC1=O)C(=O)C(=O)NC1CC1. The van der Waals surface area contributed by atoms with Crippen molar-refractivity contribution in [3.8, 4) is 0 Å². The highest BCUT2D eigenvalue weighted by atomic mass is 16.2. The molecule has 2 saturated carbocycles. The first-order chi connectivity index (χ1) is 18.9. The average Bonchev–Trinajstić information content (AvgIpc) is 3.54. The predicted octanol–water partition coefficient (Wildman–Crippen LogP) is 1.24. The van der Waals surface area contributed by atoms with Gasteiger partial charge in [0.05, 0.1) is 6.04 Å². The number of piperidine rings is 1. The molecule has 4 atom stereocenters. The van der Waals surface area contributed by atoms with E-state index < -0.39 is 53.0 Å². The van der Waals surface area contributed by atoms with Gasteiger partial charge in [-0.3, -0.25) is 28.8 Å². The Hall–Kier alpha value is -2.98. The number of carbonyl (C=O) groups is 6. The fourth-order valence-electron chi connectivity index (χ4n) is 5.36. The van der Waals surface area contributed by atoms with Crippen LogP contribution in [0.4, 0.5) is 0 Å². The second-order valence-corrected chi connectivity index (χ2v) is 12.6. The fraction of sp³-hybridized carbons (Fsp3) is 0.793. The van der Waals surface area contributed by atoms with Crippen molar-refractivity contribution < 1.29 is 28.8 Å². The van der Waals surface area contributed by atoms with Crippen LogP contribution >= 0.6 is 0 Å². The molecule has 224 valence electrons. The molecule has 5 N–H and O–H groups in total. The Bertz CT molecular complexity index is 966. The smallest absolute Gasteiger partial charge is 0.289 e. The highest BCUT2D eigenvalue weighted by molar-refractivity contribution is 6.38. The lowest BCUT2D eigenvalue weighted by atomic mass is 9.89. The van der Waals surface area contributed by atoms with Gasteiger partial charge in [-0.05, 0) is 57.3 Å². The molecule has 0 unspecified atom stereocenters. The molecule has 11 nitrogen and oxygen atoms in total. The molecule has 1 aliphatic heterocycles. The Morgan fingerprint density at radius 3 is 2.10 bits per heavy atom. The molecule has 0 bridgehead atoms. The molecule has 3 rings (SSSR count). The average molecular weight is 562 g/mol. The fourth-order valence-corrected chi connectivity index (χ4v) is 5.36. The van der Waals surface area contributed by atoms with Gasteiger partial charge in [0.1, 0.15) is 12.1 Å². The summed E-state index contributed by atoms with van der Waals surface area (Å²) in [6, 6.07) is -2.96. The van der Waals surface area contributed by atoms with E-state index in [4.69, 9.17) is 0 Å². The third kappa shape index (κ3) is 9.02. The van der Waals surface area contributed by atoms with E-state index in [1.54, 1.807) is 20.8 Å². The first-order valence-corrected chi connectivity index (χ1v) is 14.9. The van der Waals surface area contributed by atoms with Crippen LogP contribution in [0.5, 0.6) is 0 Å². The third-order valence-corrected chi connectivity index (χ3v) is 8.02. The summed E-state index contributed by atoms with van der Waals surface area (Å²) in [5, 5.41) is 13.9. The van der Waals surface area contributed by atoms with Gasteiger partial charge < -0.3 is 26.6 Å². The van der Waals surface area contributed by atoms with Gasteiger partial charge in [0.2, 0.25) is 29.4 Å². The first kappa shape index (κ1) is 31.5. The minimum atomic E-state index is -1.19. The number of amides is 5. The standard InChI is InChI=1S/C29H47N5O6/c1-5-9-20(32-26(38)22(17-10-6-7-11-17)34-28(40)29(2,3)4)25(37)33-21(16-18-12-8-15-30-24(18)36)23(35)27(39)31-19-13-14-19/h17-22H,5-16H2,1-4H3,(H,30,36)(H,31,39)(H,32,38)(H,33,37)(H,34,40)/t18-,20-,21-,22+/m0/s1. The van der Waals surface area contributed by atoms with Crippen molar-refractivity contribution in [3.05, 3.63) is 0 Å². The normalized spacial score (nSPS) is 21.9. The van der Waals surface area contributed by atoms with Crippen LogP contribution in [-0.2, 0) is 28.8 Å². The number of rotatable bonds is 13. The summed E-state index contributed by atoms with van der Waals surface area (Å²) in [6.07, 6.45) is 7.37. The Morgan fingerprint density at radius 2 is 1.52 bits per heavy atom. The van der Waals surface area contributed by atoms with E-state index in [1.165, 1.54) is 0 Å². The summed E-state index contributed by atoms with van der Waals surface area (Å²) in [5.74, 6) is -3.55. The number of carbonyl (C=O) groups excluding carboxylic acids is 6. The van der Waals surface area contributed by atoms with Gasteiger partial charge >= 0.3 is 0 Å². The summed E-state index contributed by atoms with van der Waals surface area (Å²) in [7, 11) is 0. The summed E-state index contributed by atoms with van der Waals surface area (Å²) < 4.78 is 0. The van der Waals surface area contributed by atoms with Gasteiger partial charge in [-0.2, -0.15) is 0 Å². The van der Waals surface area contributed by atoms with Crippen LogP contribution in [0.2, 0.25) is 0 Å². The molecule has 0 aromatic carbocycles. The van der Waals surface area contributed by atoms with E-state index in [0.29, 0.717) is 25.8 Å². The van der Waals surface area contributed by atoms with Gasteiger partial charge in [-0.15, -0.1) is 0 Å². The predicted molar refractivity (Wildman–Crippen MR) is 149 cm³/mol. The number of hydrogen-bond donors (Lipinski definition) is 5. The van der Waals surface area contributed by atoms with E-state index in [0.717, 1.165) is 44.9 Å². The molecular formula is C29H47N5O6. The minimum Gasteiger partial charge on any atom is -0.356 e. The van der Waals surface area contributed by atoms with Crippen molar-refractivity contribution in [2.75, 3.05) is 6.54 Å². The number of Topliss-reactive ketones (excluding diaryl/α,β-unsaturated/α-hetero) is 1. The van der Waals surface area contributed by atoms with Crippen LogP contribution in [0.15, 0.2) is 0 Å². The molecule has 2 aliphatic carbocycles. The Morgan fingerprint density at radius 1 is 0.875 bits per heavy atom. The molecule has 11 heteroatoms. The molecule has 1 heterocycles. The van der Waals surface area contributed by atoms with E-state index >= 15 is 0 Å². The van der Waals surface area contributed by atoms with Crippen LogP contribution in [0, 0.1) is 17.3 Å².